The summed E-state index contributed by atoms with van der Waals surface area (Å²) < 4.78 is 22.0. The van der Waals surface area contributed by atoms with Gasteiger partial charge in [0.05, 0.1) is 65.1 Å². The Morgan fingerprint density at radius 2 is 1.27 bits per heavy atom. The van der Waals surface area contributed by atoms with Gasteiger partial charge in [0.15, 0.2) is 0 Å². The summed E-state index contributed by atoms with van der Waals surface area (Å²) in [5.41, 5.74) is 3.39. The van der Waals surface area contributed by atoms with Gasteiger partial charge in [0.2, 0.25) is 23.6 Å². The average molecular weight is 679 g/mol. The van der Waals surface area contributed by atoms with Crippen LogP contribution in [0.3, 0.4) is 0 Å². The molecular weight excluding hydrogens is 628 g/mol. The largest absolute Gasteiger partial charge is 0.377 e. The highest BCUT2D eigenvalue weighted by atomic mass is 16.6. The van der Waals surface area contributed by atoms with Gasteiger partial charge in [-0.1, -0.05) is 42.2 Å². The van der Waals surface area contributed by atoms with Gasteiger partial charge in [-0.15, -0.1) is 0 Å². The fourth-order valence-corrected chi connectivity index (χ4v) is 4.81. The molecule has 12 nitrogen and oxygen atoms in total. The topological polar surface area (TPSA) is 127 Å². The number of anilines is 1. The minimum atomic E-state index is -0.208. The number of carbonyl (C=O) groups is 4. The summed E-state index contributed by atoms with van der Waals surface area (Å²) in [6.07, 6.45) is 1.41. The van der Waals surface area contributed by atoms with Gasteiger partial charge in [0.1, 0.15) is 0 Å². The highest BCUT2D eigenvalue weighted by molar-refractivity contribution is 5.96. The van der Waals surface area contributed by atoms with Crippen LogP contribution in [0.5, 0.6) is 0 Å². The first-order valence-electron chi connectivity index (χ1n) is 16.8. The number of likely N-dealkylation sites (N-methyl/N-ethyl adjacent to an activating group) is 1. The maximum Gasteiger partial charge on any atom is 0.227 e. The molecule has 12 heteroatoms. The number of hydrogen-bond donors (Lipinski definition) is 1. The van der Waals surface area contributed by atoms with Crippen LogP contribution in [0.15, 0.2) is 48.5 Å². The van der Waals surface area contributed by atoms with Crippen LogP contribution < -0.4 is 10.2 Å². The predicted octanol–water partition coefficient (Wildman–Crippen LogP) is 2.61. The molecule has 1 aliphatic rings. The van der Waals surface area contributed by atoms with Crippen molar-refractivity contribution >= 4 is 29.3 Å². The van der Waals surface area contributed by atoms with Gasteiger partial charge in [-0.05, 0) is 30.2 Å². The fourth-order valence-electron chi connectivity index (χ4n) is 4.81. The predicted molar refractivity (Wildman–Crippen MR) is 186 cm³/mol. The lowest BCUT2D eigenvalue weighted by atomic mass is 10.0. The number of ether oxygens (including phenoxy) is 4. The molecule has 2 aromatic carbocycles. The van der Waals surface area contributed by atoms with E-state index in [1.807, 2.05) is 48.5 Å². The highest BCUT2D eigenvalue weighted by Gasteiger charge is 2.21. The molecule has 4 amide bonds. The molecule has 0 saturated carbocycles. The van der Waals surface area contributed by atoms with Gasteiger partial charge in [-0.3, -0.25) is 19.2 Å². The third-order valence-electron chi connectivity index (χ3n) is 7.70. The lowest BCUT2D eigenvalue weighted by Crippen LogP contribution is -2.34. The van der Waals surface area contributed by atoms with Gasteiger partial charge in [0.25, 0.3) is 0 Å². The number of nitrogens with zero attached hydrogens (tertiary/aromatic N) is 3. The molecular formula is C37H50N4O8. The second-order valence-electron chi connectivity index (χ2n) is 11.7. The normalized spacial score (nSPS) is 11.7. The Labute approximate surface area is 290 Å². The number of nitrogens with one attached hydrogen (secondary N) is 1. The van der Waals surface area contributed by atoms with Crippen molar-refractivity contribution in [3.63, 3.8) is 0 Å². The lowest BCUT2D eigenvalue weighted by Gasteiger charge is -2.26. The van der Waals surface area contributed by atoms with Crippen LogP contribution in [0, 0.1) is 11.8 Å². The SMILES string of the molecule is CN(C)C(=O)CCCC(=O)N(C)CCOCCOCCOCCOCCNC(=O)CCC(=O)N1Cc2ccccc2C#Cc2ccccc21. The summed E-state index contributed by atoms with van der Waals surface area (Å²) in [4.78, 5) is 54.2. The Bertz CT molecular complexity index is 1420. The molecule has 0 atom stereocenters. The molecule has 1 N–H and O–H groups in total. The molecule has 1 heterocycles. The minimum Gasteiger partial charge on any atom is -0.377 e. The van der Waals surface area contributed by atoms with Gasteiger partial charge in [0, 0.05) is 71.0 Å². The van der Waals surface area contributed by atoms with Crippen LogP contribution in [0.1, 0.15) is 48.8 Å². The van der Waals surface area contributed by atoms with Crippen LogP contribution in [-0.4, -0.2) is 121 Å². The highest BCUT2D eigenvalue weighted by Crippen LogP contribution is 2.26. The summed E-state index contributed by atoms with van der Waals surface area (Å²) in [6.45, 7) is 4.42. The maximum absolute atomic E-state index is 13.3. The van der Waals surface area contributed by atoms with E-state index >= 15 is 0 Å². The van der Waals surface area contributed by atoms with Gasteiger partial charge < -0.3 is 39.0 Å². The van der Waals surface area contributed by atoms with Gasteiger partial charge in [-0.2, -0.15) is 0 Å². The number of para-hydroxylation sites is 1. The molecule has 0 fully saturated rings. The van der Waals surface area contributed by atoms with Crippen LogP contribution >= 0.6 is 0 Å². The van der Waals surface area contributed by atoms with E-state index in [2.05, 4.69) is 17.2 Å². The Morgan fingerprint density at radius 1 is 0.694 bits per heavy atom. The minimum absolute atomic E-state index is 0.00456. The molecule has 3 rings (SSSR count). The third-order valence-corrected chi connectivity index (χ3v) is 7.70. The van der Waals surface area contributed by atoms with Gasteiger partial charge >= 0.3 is 0 Å². The maximum atomic E-state index is 13.3. The molecule has 0 spiro atoms. The smallest absolute Gasteiger partial charge is 0.227 e. The summed E-state index contributed by atoms with van der Waals surface area (Å²) in [7, 11) is 5.14. The molecule has 0 saturated heterocycles. The van der Waals surface area contributed by atoms with Crippen molar-refractivity contribution in [1.82, 2.24) is 15.1 Å². The first-order chi connectivity index (χ1) is 23.8. The molecule has 0 bridgehead atoms. The van der Waals surface area contributed by atoms with Gasteiger partial charge in [-0.25, -0.2) is 0 Å². The molecule has 49 heavy (non-hydrogen) atoms. The average Bonchev–Trinajstić information content (AvgIpc) is 3.09. The van der Waals surface area contributed by atoms with Crippen molar-refractivity contribution in [3.05, 3.63) is 65.2 Å². The van der Waals surface area contributed by atoms with Crippen LogP contribution in [0.4, 0.5) is 5.69 Å². The molecule has 0 radical (unpaired) electrons. The first kappa shape index (κ1) is 39.2. The number of hydrogen-bond acceptors (Lipinski definition) is 8. The van der Waals surface area contributed by atoms with E-state index in [0.29, 0.717) is 91.8 Å². The zero-order valence-electron chi connectivity index (χ0n) is 29.0. The van der Waals surface area contributed by atoms with E-state index in [1.165, 1.54) is 4.90 Å². The second-order valence-corrected chi connectivity index (χ2v) is 11.7. The molecule has 1 aliphatic heterocycles. The van der Waals surface area contributed by atoms with Crippen LogP contribution in [0.2, 0.25) is 0 Å². The number of rotatable bonds is 22. The van der Waals surface area contributed by atoms with Crippen molar-refractivity contribution < 1.29 is 38.1 Å². The summed E-state index contributed by atoms with van der Waals surface area (Å²) in [5.74, 6) is 6.06. The number of benzene rings is 2. The molecule has 266 valence electrons. The Hall–Kier alpha value is -4.28. The third kappa shape index (κ3) is 14.8. The summed E-state index contributed by atoms with van der Waals surface area (Å²) >= 11 is 0. The van der Waals surface area contributed by atoms with E-state index in [9.17, 15) is 19.2 Å². The van der Waals surface area contributed by atoms with E-state index in [0.717, 1.165) is 22.4 Å². The molecule has 2 aromatic rings. The number of amides is 4. The van der Waals surface area contributed by atoms with E-state index in [4.69, 9.17) is 18.9 Å². The Morgan fingerprint density at radius 3 is 1.96 bits per heavy atom. The van der Waals surface area contributed by atoms with Crippen molar-refractivity contribution in [2.45, 2.75) is 38.6 Å². The van der Waals surface area contributed by atoms with Crippen molar-refractivity contribution in [2.75, 3.05) is 92.0 Å². The zero-order valence-corrected chi connectivity index (χ0v) is 29.0. The summed E-state index contributed by atoms with van der Waals surface area (Å²) in [6, 6.07) is 15.4. The second kappa shape index (κ2) is 22.4. The zero-order chi connectivity index (χ0) is 35.3. The standard InChI is InChI=1S/C37H50N4O8/c1-39(2)35(43)13-8-14-36(44)40(3)20-22-47-24-26-49-28-27-48-25-23-46-21-19-38-34(42)17-18-37(45)41-29-32-11-5-4-9-30(32)15-16-31-10-6-7-12-33(31)41/h4-7,9-12H,8,13-14,17-29H2,1-3H3,(H,38,42). The summed E-state index contributed by atoms with van der Waals surface area (Å²) in [5, 5.41) is 2.80. The Kier molecular flexibility index (Phi) is 17.9. The Balaban J connectivity index is 1.15. The molecule has 0 aliphatic carbocycles. The van der Waals surface area contributed by atoms with Crippen LogP contribution in [-0.2, 0) is 44.7 Å². The van der Waals surface area contributed by atoms with Crippen molar-refractivity contribution in [2.24, 2.45) is 0 Å². The number of fused-ring (bicyclic) bond motifs is 2. The monoisotopic (exact) mass is 678 g/mol. The quantitative estimate of drug-likeness (QED) is 0.149. The first-order valence-corrected chi connectivity index (χ1v) is 16.8. The van der Waals surface area contributed by atoms with E-state index < -0.39 is 0 Å². The van der Waals surface area contributed by atoms with E-state index in [1.54, 1.807) is 30.9 Å². The van der Waals surface area contributed by atoms with E-state index in [-0.39, 0.29) is 36.5 Å². The number of carbonyl (C=O) groups excluding carboxylic acids is 4. The van der Waals surface area contributed by atoms with Crippen LogP contribution in [0.25, 0.3) is 0 Å². The molecule has 0 aromatic heterocycles. The fraction of sp³-hybridized carbons (Fsp3) is 0.514. The van der Waals surface area contributed by atoms with Crippen molar-refractivity contribution in [1.29, 1.82) is 0 Å². The molecule has 0 unspecified atom stereocenters. The lowest BCUT2D eigenvalue weighted by molar-refractivity contribution is -0.131. The van der Waals surface area contributed by atoms with Crippen molar-refractivity contribution in [3.8, 4) is 11.8 Å².